The first-order chi connectivity index (χ1) is 14.0. The molecule has 4 aromatic rings. The molecule has 0 amide bonds. The minimum absolute atomic E-state index is 0.154. The number of aromatic carboxylic acids is 1. The van der Waals surface area contributed by atoms with E-state index in [1.54, 1.807) is 36.4 Å². The highest BCUT2D eigenvalue weighted by molar-refractivity contribution is 9.10. The number of benzene rings is 3. The maximum Gasteiger partial charge on any atom is 0.335 e. The number of para-hydroxylation sites is 1. The highest BCUT2D eigenvalue weighted by atomic mass is 79.9. The molecule has 0 saturated heterocycles. The topological polar surface area (TPSA) is 72.2 Å². The van der Waals surface area contributed by atoms with Crippen LogP contribution >= 0.6 is 15.9 Å². The van der Waals surface area contributed by atoms with Gasteiger partial charge in [0.1, 0.15) is 5.82 Å². The van der Waals surface area contributed by atoms with E-state index >= 15 is 0 Å². The second-order valence-corrected chi connectivity index (χ2v) is 7.28. The molecule has 1 heterocycles. The number of carbonyl (C=O) groups is 1. The van der Waals surface area contributed by atoms with E-state index in [-0.39, 0.29) is 11.1 Å². The minimum atomic E-state index is -1.02. The Morgan fingerprint density at radius 1 is 0.966 bits per heavy atom. The van der Waals surface area contributed by atoms with E-state index in [2.05, 4.69) is 20.9 Å². The summed E-state index contributed by atoms with van der Waals surface area (Å²) in [6.45, 7) is 0. The largest absolute Gasteiger partial charge is 0.478 e. The third kappa shape index (κ3) is 3.88. The molecule has 142 valence electrons. The van der Waals surface area contributed by atoms with E-state index < -0.39 is 5.97 Å². The number of hydrogen-bond donors (Lipinski definition) is 1. The Kier molecular flexibility index (Phi) is 5.10. The van der Waals surface area contributed by atoms with Gasteiger partial charge >= 0.3 is 5.97 Å². The van der Waals surface area contributed by atoms with Crippen LogP contribution in [0.1, 0.15) is 21.7 Å². The van der Waals surface area contributed by atoms with Crippen LogP contribution in [0, 0.1) is 0 Å². The van der Waals surface area contributed by atoms with Crippen LogP contribution in [-0.2, 0) is 0 Å². The standard InChI is InChI=1S/C23H15BrN2O3/c24-17-5-3-4-15(14-17)8-13-21-25-20-7-2-1-6-19(20)22(27)26(21)18-11-9-16(10-12-18)23(28)29/h1-14H,(H,28,29). The Labute approximate surface area is 174 Å². The monoisotopic (exact) mass is 446 g/mol. The van der Waals surface area contributed by atoms with Gasteiger partial charge in [0.25, 0.3) is 5.56 Å². The van der Waals surface area contributed by atoms with E-state index in [0.29, 0.717) is 22.4 Å². The average molecular weight is 447 g/mol. The minimum Gasteiger partial charge on any atom is -0.478 e. The number of nitrogens with zero attached hydrogens (tertiary/aromatic N) is 2. The summed E-state index contributed by atoms with van der Waals surface area (Å²) in [4.78, 5) is 29.0. The van der Waals surface area contributed by atoms with Crippen molar-refractivity contribution in [3.05, 3.63) is 105 Å². The van der Waals surface area contributed by atoms with E-state index in [0.717, 1.165) is 10.0 Å². The first-order valence-corrected chi connectivity index (χ1v) is 9.61. The van der Waals surface area contributed by atoms with Crippen LogP contribution in [0.25, 0.3) is 28.7 Å². The van der Waals surface area contributed by atoms with Crippen LogP contribution < -0.4 is 5.56 Å². The van der Waals surface area contributed by atoms with E-state index in [1.165, 1.54) is 16.7 Å². The van der Waals surface area contributed by atoms with Gasteiger partial charge in [-0.05, 0) is 60.2 Å². The molecule has 1 aromatic heterocycles. The molecule has 6 heteroatoms. The van der Waals surface area contributed by atoms with E-state index in [4.69, 9.17) is 5.11 Å². The summed E-state index contributed by atoms with van der Waals surface area (Å²) in [5, 5.41) is 9.63. The van der Waals surface area contributed by atoms with Crippen molar-refractivity contribution in [3.8, 4) is 5.69 Å². The normalized spacial score (nSPS) is 11.2. The van der Waals surface area contributed by atoms with Gasteiger partial charge in [0.2, 0.25) is 0 Å². The van der Waals surface area contributed by atoms with Crippen LogP contribution in [0.3, 0.4) is 0 Å². The third-order valence-electron chi connectivity index (χ3n) is 4.45. The summed E-state index contributed by atoms with van der Waals surface area (Å²) in [5.41, 5.74) is 2.04. The third-order valence-corrected chi connectivity index (χ3v) is 4.94. The van der Waals surface area contributed by atoms with Gasteiger partial charge in [0.05, 0.1) is 22.2 Å². The number of rotatable bonds is 4. The molecular formula is C23H15BrN2O3. The fraction of sp³-hybridized carbons (Fsp3) is 0. The number of halogens is 1. The lowest BCUT2D eigenvalue weighted by Gasteiger charge is -2.11. The van der Waals surface area contributed by atoms with Crippen molar-refractivity contribution in [3.63, 3.8) is 0 Å². The Balaban J connectivity index is 1.91. The number of fused-ring (bicyclic) bond motifs is 1. The molecule has 0 radical (unpaired) electrons. The summed E-state index contributed by atoms with van der Waals surface area (Å²) >= 11 is 3.45. The number of aromatic nitrogens is 2. The predicted octanol–water partition coefficient (Wildman–Crippen LogP) is 5.02. The zero-order valence-corrected chi connectivity index (χ0v) is 16.7. The molecule has 0 saturated carbocycles. The number of carboxylic acids is 1. The first kappa shape index (κ1) is 18.8. The summed E-state index contributed by atoms with van der Waals surface area (Å²) in [6, 6.07) is 21.1. The molecule has 0 bridgehead atoms. The Morgan fingerprint density at radius 2 is 1.72 bits per heavy atom. The first-order valence-electron chi connectivity index (χ1n) is 8.82. The molecular weight excluding hydrogens is 432 g/mol. The maximum atomic E-state index is 13.2. The van der Waals surface area contributed by atoms with Crippen molar-refractivity contribution in [2.75, 3.05) is 0 Å². The zero-order chi connectivity index (χ0) is 20.4. The maximum absolute atomic E-state index is 13.2. The van der Waals surface area contributed by atoms with Gasteiger partial charge in [0.15, 0.2) is 0 Å². The molecule has 4 rings (SSSR count). The van der Waals surface area contributed by atoms with Gasteiger partial charge in [-0.1, -0.05) is 46.3 Å². The second kappa shape index (κ2) is 7.85. The van der Waals surface area contributed by atoms with Gasteiger partial charge in [-0.3, -0.25) is 9.36 Å². The van der Waals surface area contributed by atoms with Crippen molar-refractivity contribution in [2.24, 2.45) is 0 Å². The van der Waals surface area contributed by atoms with Gasteiger partial charge in [0, 0.05) is 4.47 Å². The smallest absolute Gasteiger partial charge is 0.335 e. The lowest BCUT2D eigenvalue weighted by atomic mass is 10.1. The van der Waals surface area contributed by atoms with E-state index in [1.807, 2.05) is 36.4 Å². The van der Waals surface area contributed by atoms with Crippen molar-refractivity contribution in [1.82, 2.24) is 9.55 Å². The summed E-state index contributed by atoms with van der Waals surface area (Å²) in [7, 11) is 0. The molecule has 0 aliphatic carbocycles. The fourth-order valence-electron chi connectivity index (χ4n) is 3.05. The average Bonchev–Trinajstić information content (AvgIpc) is 2.72. The molecule has 0 aliphatic heterocycles. The number of hydrogen-bond acceptors (Lipinski definition) is 3. The molecule has 1 N–H and O–H groups in total. The predicted molar refractivity (Wildman–Crippen MR) is 117 cm³/mol. The molecule has 0 fully saturated rings. The van der Waals surface area contributed by atoms with Crippen molar-refractivity contribution < 1.29 is 9.90 Å². The van der Waals surface area contributed by atoms with Gasteiger partial charge in [-0.2, -0.15) is 0 Å². The highest BCUT2D eigenvalue weighted by Crippen LogP contribution is 2.18. The van der Waals surface area contributed by atoms with Crippen molar-refractivity contribution in [1.29, 1.82) is 0 Å². The molecule has 5 nitrogen and oxygen atoms in total. The molecule has 0 aliphatic rings. The summed E-state index contributed by atoms with van der Waals surface area (Å²) in [6.07, 6.45) is 3.66. The lowest BCUT2D eigenvalue weighted by Crippen LogP contribution is -2.22. The quantitative estimate of drug-likeness (QED) is 0.477. The summed E-state index contributed by atoms with van der Waals surface area (Å²) < 4.78 is 2.44. The van der Waals surface area contributed by atoms with Crippen LogP contribution in [-0.4, -0.2) is 20.6 Å². The Morgan fingerprint density at radius 3 is 2.45 bits per heavy atom. The lowest BCUT2D eigenvalue weighted by molar-refractivity contribution is 0.0697. The van der Waals surface area contributed by atoms with Crippen LogP contribution in [0.5, 0.6) is 0 Å². The van der Waals surface area contributed by atoms with Crippen LogP contribution in [0.2, 0.25) is 0 Å². The van der Waals surface area contributed by atoms with Gasteiger partial charge in [-0.25, -0.2) is 9.78 Å². The molecule has 0 spiro atoms. The fourth-order valence-corrected chi connectivity index (χ4v) is 3.46. The van der Waals surface area contributed by atoms with Crippen LogP contribution in [0.4, 0.5) is 0 Å². The Hall–Kier alpha value is -3.51. The van der Waals surface area contributed by atoms with Crippen molar-refractivity contribution >= 4 is 45.0 Å². The molecule has 29 heavy (non-hydrogen) atoms. The Bertz CT molecular complexity index is 1310. The SMILES string of the molecule is O=C(O)c1ccc(-n2c(C=Cc3cccc(Br)c3)nc3ccccc3c2=O)cc1. The van der Waals surface area contributed by atoms with Crippen molar-refractivity contribution in [2.45, 2.75) is 0 Å². The molecule has 3 aromatic carbocycles. The van der Waals surface area contributed by atoms with Gasteiger partial charge < -0.3 is 5.11 Å². The van der Waals surface area contributed by atoms with Crippen LogP contribution in [0.15, 0.2) is 82.1 Å². The highest BCUT2D eigenvalue weighted by Gasteiger charge is 2.12. The number of carboxylic acid groups (broad SMARTS) is 1. The second-order valence-electron chi connectivity index (χ2n) is 6.37. The molecule has 0 unspecified atom stereocenters. The van der Waals surface area contributed by atoms with E-state index in [9.17, 15) is 9.59 Å². The van der Waals surface area contributed by atoms with Gasteiger partial charge in [-0.15, -0.1) is 0 Å². The molecule has 0 atom stereocenters. The summed E-state index contributed by atoms with van der Waals surface area (Å²) in [5.74, 6) is -0.563. The zero-order valence-electron chi connectivity index (χ0n) is 15.1.